The molecule has 1 heterocycles. The predicted octanol–water partition coefficient (Wildman–Crippen LogP) is 1.79. The maximum atomic E-state index is 12.3. The molecule has 5 nitrogen and oxygen atoms in total. The minimum atomic E-state index is -3.51. The summed E-state index contributed by atoms with van der Waals surface area (Å²) in [7, 11) is -1.95. The minimum absolute atomic E-state index is 0.141. The van der Waals surface area contributed by atoms with Crippen LogP contribution in [0.3, 0.4) is 0 Å². The molecule has 0 saturated heterocycles. The number of hydrogen-bond acceptors (Lipinski definition) is 3. The first-order chi connectivity index (χ1) is 9.04. The first-order valence-electron chi connectivity index (χ1n) is 6.08. The summed E-state index contributed by atoms with van der Waals surface area (Å²) in [5.41, 5.74) is 0.948. The Bertz CT molecular complexity index is 635. The van der Waals surface area contributed by atoms with E-state index in [1.165, 1.54) is 10.5 Å². The Labute approximate surface area is 113 Å². The van der Waals surface area contributed by atoms with Crippen molar-refractivity contribution in [3.8, 4) is 0 Å². The molecule has 0 unspecified atom stereocenters. The quantitative estimate of drug-likeness (QED) is 0.907. The fourth-order valence-electron chi connectivity index (χ4n) is 1.75. The van der Waals surface area contributed by atoms with Gasteiger partial charge in [0.05, 0.1) is 6.20 Å². The fraction of sp³-hybridized carbons (Fsp3) is 0.308. The SMILES string of the molecule is CCc1ncc(S(=O)(=O)N(C)Cc2ccccc2)[nH]1. The molecule has 0 bridgehead atoms. The second-order valence-electron chi connectivity index (χ2n) is 4.29. The van der Waals surface area contributed by atoms with E-state index in [0.717, 1.165) is 5.56 Å². The van der Waals surface area contributed by atoms with Crippen molar-refractivity contribution >= 4 is 10.0 Å². The van der Waals surface area contributed by atoms with E-state index in [2.05, 4.69) is 9.97 Å². The molecule has 0 aliphatic carbocycles. The highest BCUT2D eigenvalue weighted by Gasteiger charge is 2.23. The highest BCUT2D eigenvalue weighted by molar-refractivity contribution is 7.89. The normalized spacial score (nSPS) is 11.9. The minimum Gasteiger partial charge on any atom is -0.332 e. The lowest BCUT2D eigenvalue weighted by Gasteiger charge is -2.15. The number of sulfonamides is 1. The molecule has 0 aliphatic rings. The molecule has 0 aliphatic heterocycles. The van der Waals surface area contributed by atoms with Crippen molar-refractivity contribution in [1.82, 2.24) is 14.3 Å². The van der Waals surface area contributed by atoms with Gasteiger partial charge in [0.25, 0.3) is 10.0 Å². The monoisotopic (exact) mass is 279 g/mol. The fourth-order valence-corrected chi connectivity index (χ4v) is 2.83. The van der Waals surface area contributed by atoms with Crippen molar-refractivity contribution < 1.29 is 8.42 Å². The van der Waals surface area contributed by atoms with E-state index in [-0.39, 0.29) is 5.03 Å². The van der Waals surface area contributed by atoms with E-state index in [4.69, 9.17) is 0 Å². The molecule has 102 valence electrons. The van der Waals surface area contributed by atoms with Crippen molar-refractivity contribution in [3.63, 3.8) is 0 Å². The van der Waals surface area contributed by atoms with Gasteiger partial charge in [-0.05, 0) is 5.56 Å². The van der Waals surface area contributed by atoms with Gasteiger partial charge in [-0.3, -0.25) is 0 Å². The third-order valence-corrected chi connectivity index (χ3v) is 4.59. The first kappa shape index (κ1) is 13.8. The van der Waals surface area contributed by atoms with Crippen LogP contribution in [0.15, 0.2) is 41.6 Å². The highest BCUT2D eigenvalue weighted by Crippen LogP contribution is 2.15. The van der Waals surface area contributed by atoms with Crippen LogP contribution in [0.2, 0.25) is 0 Å². The maximum Gasteiger partial charge on any atom is 0.260 e. The van der Waals surface area contributed by atoms with Gasteiger partial charge in [0.15, 0.2) is 5.03 Å². The summed E-state index contributed by atoms with van der Waals surface area (Å²) in [6.07, 6.45) is 2.05. The number of hydrogen-bond donors (Lipinski definition) is 1. The van der Waals surface area contributed by atoms with Crippen molar-refractivity contribution in [2.24, 2.45) is 0 Å². The Kier molecular flexibility index (Phi) is 4.01. The summed E-state index contributed by atoms with van der Waals surface area (Å²) in [6, 6.07) is 9.48. The van der Waals surface area contributed by atoms with E-state index < -0.39 is 10.0 Å². The molecule has 2 rings (SSSR count). The predicted molar refractivity (Wildman–Crippen MR) is 73.1 cm³/mol. The Hall–Kier alpha value is -1.66. The Morgan fingerprint density at radius 2 is 1.95 bits per heavy atom. The zero-order valence-corrected chi connectivity index (χ0v) is 11.8. The Morgan fingerprint density at radius 1 is 1.26 bits per heavy atom. The standard InChI is InChI=1S/C13H17N3O2S/c1-3-12-14-9-13(15-12)19(17,18)16(2)10-11-7-5-4-6-8-11/h4-9H,3,10H2,1-2H3,(H,14,15). The van der Waals surface area contributed by atoms with Crippen LogP contribution in [-0.4, -0.2) is 29.7 Å². The van der Waals surface area contributed by atoms with Crippen LogP contribution < -0.4 is 0 Å². The molecule has 0 saturated carbocycles. The van der Waals surface area contributed by atoms with Crippen molar-refractivity contribution in [1.29, 1.82) is 0 Å². The number of H-pyrrole nitrogens is 1. The van der Waals surface area contributed by atoms with E-state index in [9.17, 15) is 8.42 Å². The molecule has 0 radical (unpaired) electrons. The van der Waals surface area contributed by atoms with Crippen LogP contribution in [0.1, 0.15) is 18.3 Å². The van der Waals surface area contributed by atoms with E-state index in [0.29, 0.717) is 18.8 Å². The molecule has 0 spiro atoms. The van der Waals surface area contributed by atoms with Gasteiger partial charge >= 0.3 is 0 Å². The highest BCUT2D eigenvalue weighted by atomic mass is 32.2. The van der Waals surface area contributed by atoms with Crippen LogP contribution in [-0.2, 0) is 23.0 Å². The molecule has 2 aromatic rings. The second-order valence-corrected chi connectivity index (χ2v) is 6.31. The summed E-state index contributed by atoms with van der Waals surface area (Å²) in [4.78, 5) is 6.86. The topological polar surface area (TPSA) is 66.1 Å². The lowest BCUT2D eigenvalue weighted by atomic mass is 10.2. The molecule has 19 heavy (non-hydrogen) atoms. The molecule has 0 atom stereocenters. The van der Waals surface area contributed by atoms with Crippen molar-refractivity contribution in [3.05, 3.63) is 47.9 Å². The number of rotatable bonds is 5. The number of nitrogens with zero attached hydrogens (tertiary/aromatic N) is 2. The van der Waals surface area contributed by atoms with Gasteiger partial charge in [-0.25, -0.2) is 13.4 Å². The summed E-state index contributed by atoms with van der Waals surface area (Å²) in [6.45, 7) is 2.26. The smallest absolute Gasteiger partial charge is 0.260 e. The zero-order chi connectivity index (χ0) is 13.9. The van der Waals surface area contributed by atoms with Crippen LogP contribution >= 0.6 is 0 Å². The number of nitrogens with one attached hydrogen (secondary N) is 1. The molecule has 1 aromatic heterocycles. The number of aromatic nitrogens is 2. The molecule has 0 amide bonds. The van der Waals surface area contributed by atoms with Crippen molar-refractivity contribution in [2.75, 3.05) is 7.05 Å². The Morgan fingerprint density at radius 3 is 2.53 bits per heavy atom. The summed E-state index contributed by atoms with van der Waals surface area (Å²) >= 11 is 0. The Balaban J connectivity index is 2.19. The van der Waals surface area contributed by atoms with Gasteiger partial charge in [0.1, 0.15) is 5.82 Å². The third kappa shape index (κ3) is 3.02. The number of imidazole rings is 1. The van der Waals surface area contributed by atoms with Gasteiger partial charge in [-0.1, -0.05) is 37.3 Å². The largest absolute Gasteiger partial charge is 0.332 e. The average molecular weight is 279 g/mol. The van der Waals surface area contributed by atoms with E-state index in [1.807, 2.05) is 37.3 Å². The third-order valence-electron chi connectivity index (χ3n) is 2.88. The lowest BCUT2D eigenvalue weighted by molar-refractivity contribution is 0.464. The molecule has 1 N–H and O–H groups in total. The molecular weight excluding hydrogens is 262 g/mol. The van der Waals surface area contributed by atoms with Gasteiger partial charge in [-0.2, -0.15) is 4.31 Å². The molecule has 1 aromatic carbocycles. The van der Waals surface area contributed by atoms with Crippen LogP contribution in [0.4, 0.5) is 0 Å². The van der Waals surface area contributed by atoms with Gasteiger partial charge in [0.2, 0.25) is 0 Å². The maximum absolute atomic E-state index is 12.3. The van der Waals surface area contributed by atoms with Crippen LogP contribution in [0.25, 0.3) is 0 Å². The first-order valence-corrected chi connectivity index (χ1v) is 7.52. The van der Waals surface area contributed by atoms with Crippen LogP contribution in [0.5, 0.6) is 0 Å². The van der Waals surface area contributed by atoms with Crippen molar-refractivity contribution in [2.45, 2.75) is 24.9 Å². The average Bonchev–Trinajstić information content (AvgIpc) is 2.89. The van der Waals surface area contributed by atoms with E-state index >= 15 is 0 Å². The summed E-state index contributed by atoms with van der Waals surface area (Å²) in [5.74, 6) is 0.673. The van der Waals surface area contributed by atoms with Gasteiger partial charge in [-0.15, -0.1) is 0 Å². The van der Waals surface area contributed by atoms with Crippen LogP contribution in [0, 0.1) is 0 Å². The lowest BCUT2D eigenvalue weighted by Crippen LogP contribution is -2.26. The van der Waals surface area contributed by atoms with E-state index in [1.54, 1.807) is 7.05 Å². The van der Waals surface area contributed by atoms with Gasteiger partial charge < -0.3 is 4.98 Å². The van der Waals surface area contributed by atoms with Gasteiger partial charge in [0, 0.05) is 20.0 Å². The summed E-state index contributed by atoms with van der Waals surface area (Å²) in [5, 5.41) is 0.141. The summed E-state index contributed by atoms with van der Waals surface area (Å²) < 4.78 is 26.0. The number of aromatic amines is 1. The molecule has 0 fully saturated rings. The molecule has 6 heteroatoms. The number of benzene rings is 1. The zero-order valence-electron chi connectivity index (χ0n) is 11.0. The second kappa shape index (κ2) is 5.54. The number of aryl methyl sites for hydroxylation is 1. The molecular formula is C13H17N3O2S.